The Balaban J connectivity index is 1.53. The number of carboxylic acid groups (broad SMARTS) is 1. The summed E-state index contributed by atoms with van der Waals surface area (Å²) in [6.07, 6.45) is 1.30. The van der Waals surface area contributed by atoms with Crippen molar-refractivity contribution >= 4 is 18.2 Å². The van der Waals surface area contributed by atoms with E-state index in [1.807, 2.05) is 48.5 Å². The first-order chi connectivity index (χ1) is 16.0. The van der Waals surface area contributed by atoms with Gasteiger partial charge in [0.05, 0.1) is 0 Å². The molecule has 0 fully saturated rings. The van der Waals surface area contributed by atoms with Crippen LogP contribution in [0, 0.1) is 0 Å². The van der Waals surface area contributed by atoms with Gasteiger partial charge in [0.25, 0.3) is 0 Å². The van der Waals surface area contributed by atoms with Crippen LogP contribution in [0.1, 0.15) is 29.9 Å². The van der Waals surface area contributed by atoms with Crippen molar-refractivity contribution in [3.63, 3.8) is 0 Å². The molecule has 0 atom stereocenters. The van der Waals surface area contributed by atoms with E-state index >= 15 is 0 Å². The molecule has 0 unspecified atom stereocenters. The van der Waals surface area contributed by atoms with Crippen molar-refractivity contribution in [3.05, 3.63) is 72.3 Å². The van der Waals surface area contributed by atoms with E-state index in [0.29, 0.717) is 19.4 Å². The van der Waals surface area contributed by atoms with E-state index in [2.05, 4.69) is 11.9 Å². The normalized spacial score (nSPS) is 11.8. The number of aliphatic carboxylic acids is 1. The van der Waals surface area contributed by atoms with Crippen molar-refractivity contribution in [3.8, 4) is 11.1 Å². The van der Waals surface area contributed by atoms with Gasteiger partial charge in [-0.05, 0) is 35.1 Å². The number of nitrogens with zero attached hydrogens (tertiary/aromatic N) is 1. The van der Waals surface area contributed by atoms with Crippen LogP contribution in [0.15, 0.2) is 61.2 Å². The molecule has 0 heterocycles. The van der Waals surface area contributed by atoms with E-state index in [-0.39, 0.29) is 25.7 Å². The summed E-state index contributed by atoms with van der Waals surface area (Å²) >= 11 is 0. The van der Waals surface area contributed by atoms with E-state index < -0.39 is 24.7 Å². The molecule has 1 aliphatic carbocycles. The molecular formula is C25H28N2O6. The number of amides is 2. The molecule has 0 aliphatic heterocycles. The highest BCUT2D eigenvalue weighted by molar-refractivity contribution is 5.79. The van der Waals surface area contributed by atoms with Gasteiger partial charge in [-0.1, -0.05) is 61.2 Å². The summed E-state index contributed by atoms with van der Waals surface area (Å²) in [5.41, 5.74) is 4.42. The molecule has 2 N–H and O–H groups in total. The quantitative estimate of drug-likeness (QED) is 0.394. The Labute approximate surface area is 192 Å². The standard InChI is InChI=1S/C25H28N2O6/c1-2-15-32-24(30)26-13-7-8-14-27(16-23(28)29)25(31)33-17-22-20-11-5-3-9-18(20)19-10-4-6-12-21(19)22/h2-6,9-12,22H,1,7-8,13-17H2,(H,26,30)(H,28,29). The minimum absolute atomic E-state index is 0.0983. The predicted molar refractivity (Wildman–Crippen MR) is 123 cm³/mol. The number of hydrogen-bond acceptors (Lipinski definition) is 5. The zero-order valence-electron chi connectivity index (χ0n) is 18.4. The summed E-state index contributed by atoms with van der Waals surface area (Å²) in [6, 6.07) is 16.0. The lowest BCUT2D eigenvalue weighted by Crippen LogP contribution is -2.37. The van der Waals surface area contributed by atoms with Gasteiger partial charge >= 0.3 is 18.2 Å². The maximum absolute atomic E-state index is 12.7. The van der Waals surface area contributed by atoms with Gasteiger partial charge in [0, 0.05) is 19.0 Å². The smallest absolute Gasteiger partial charge is 0.410 e. The Morgan fingerprint density at radius 3 is 2.24 bits per heavy atom. The number of carbonyl (C=O) groups excluding carboxylic acids is 2. The van der Waals surface area contributed by atoms with Crippen LogP contribution >= 0.6 is 0 Å². The number of fused-ring (bicyclic) bond motifs is 3. The molecule has 174 valence electrons. The van der Waals surface area contributed by atoms with Crippen LogP contribution in [0.4, 0.5) is 9.59 Å². The van der Waals surface area contributed by atoms with Crippen molar-refractivity contribution in [2.24, 2.45) is 0 Å². The topological polar surface area (TPSA) is 105 Å². The van der Waals surface area contributed by atoms with E-state index in [0.717, 1.165) is 22.3 Å². The number of nitrogens with one attached hydrogen (secondary N) is 1. The molecule has 2 aromatic carbocycles. The predicted octanol–water partition coefficient (Wildman–Crippen LogP) is 4.01. The zero-order chi connectivity index (χ0) is 23.6. The first-order valence-electron chi connectivity index (χ1n) is 10.8. The maximum Gasteiger partial charge on any atom is 0.410 e. The molecule has 2 amide bonds. The van der Waals surface area contributed by atoms with E-state index in [4.69, 9.17) is 9.47 Å². The molecule has 0 spiro atoms. The molecule has 0 saturated heterocycles. The van der Waals surface area contributed by atoms with E-state index in [1.165, 1.54) is 11.0 Å². The fourth-order valence-electron chi connectivity index (χ4n) is 3.89. The third-order valence-electron chi connectivity index (χ3n) is 5.38. The van der Waals surface area contributed by atoms with Crippen molar-refractivity contribution in [2.45, 2.75) is 18.8 Å². The Hall–Kier alpha value is -3.81. The third kappa shape index (κ3) is 6.35. The Morgan fingerprint density at radius 2 is 1.64 bits per heavy atom. The molecule has 0 saturated carbocycles. The molecule has 1 aliphatic rings. The minimum Gasteiger partial charge on any atom is -0.480 e. The number of alkyl carbamates (subject to hydrolysis) is 1. The minimum atomic E-state index is -1.12. The maximum atomic E-state index is 12.7. The second-order valence-electron chi connectivity index (χ2n) is 7.64. The van der Waals surface area contributed by atoms with Crippen LogP contribution in [0.5, 0.6) is 0 Å². The molecule has 3 rings (SSSR count). The van der Waals surface area contributed by atoms with Gasteiger partial charge in [0.1, 0.15) is 19.8 Å². The first kappa shape index (κ1) is 23.8. The highest BCUT2D eigenvalue weighted by Gasteiger charge is 2.29. The molecule has 0 radical (unpaired) electrons. The van der Waals surface area contributed by atoms with Gasteiger partial charge in [-0.3, -0.25) is 9.69 Å². The van der Waals surface area contributed by atoms with Crippen LogP contribution < -0.4 is 5.32 Å². The Bertz CT molecular complexity index is 960. The number of hydrogen-bond donors (Lipinski definition) is 2. The molecule has 8 heteroatoms. The summed E-state index contributed by atoms with van der Waals surface area (Å²) in [4.78, 5) is 36.5. The Morgan fingerprint density at radius 1 is 1.00 bits per heavy atom. The first-order valence-corrected chi connectivity index (χ1v) is 10.8. The summed E-state index contributed by atoms with van der Waals surface area (Å²) in [7, 11) is 0. The van der Waals surface area contributed by atoms with Crippen LogP contribution in [0.2, 0.25) is 0 Å². The number of carboxylic acids is 1. The van der Waals surface area contributed by atoms with E-state index in [9.17, 15) is 19.5 Å². The lowest BCUT2D eigenvalue weighted by atomic mass is 9.98. The average molecular weight is 453 g/mol. The zero-order valence-corrected chi connectivity index (χ0v) is 18.4. The monoisotopic (exact) mass is 452 g/mol. The van der Waals surface area contributed by atoms with Gasteiger partial charge in [0.2, 0.25) is 0 Å². The second-order valence-corrected chi connectivity index (χ2v) is 7.64. The van der Waals surface area contributed by atoms with Crippen molar-refractivity contribution in [1.82, 2.24) is 10.2 Å². The molecule has 0 bridgehead atoms. The highest BCUT2D eigenvalue weighted by Crippen LogP contribution is 2.44. The lowest BCUT2D eigenvalue weighted by Gasteiger charge is -2.22. The number of ether oxygens (including phenoxy) is 2. The molecule has 2 aromatic rings. The van der Waals surface area contributed by atoms with Gasteiger partial charge in [-0.15, -0.1) is 0 Å². The van der Waals surface area contributed by atoms with Gasteiger partial charge in [-0.25, -0.2) is 9.59 Å². The number of benzene rings is 2. The molecule has 0 aromatic heterocycles. The van der Waals surface area contributed by atoms with Crippen LogP contribution in [-0.4, -0.2) is 61.0 Å². The van der Waals surface area contributed by atoms with Gasteiger partial charge in [-0.2, -0.15) is 0 Å². The van der Waals surface area contributed by atoms with Gasteiger partial charge in [0.15, 0.2) is 0 Å². The molecular weight excluding hydrogens is 424 g/mol. The summed E-state index contributed by atoms with van der Waals surface area (Å²) < 4.78 is 10.4. The fraction of sp³-hybridized carbons (Fsp3) is 0.320. The third-order valence-corrected chi connectivity index (χ3v) is 5.38. The summed E-state index contributed by atoms with van der Waals surface area (Å²) in [5, 5.41) is 11.8. The number of carbonyl (C=O) groups is 3. The fourth-order valence-corrected chi connectivity index (χ4v) is 3.89. The van der Waals surface area contributed by atoms with Crippen molar-refractivity contribution in [1.29, 1.82) is 0 Å². The summed E-state index contributed by atoms with van der Waals surface area (Å²) in [5.74, 6) is -1.21. The lowest BCUT2D eigenvalue weighted by molar-refractivity contribution is -0.138. The molecule has 8 nitrogen and oxygen atoms in total. The van der Waals surface area contributed by atoms with Crippen molar-refractivity contribution < 1.29 is 29.0 Å². The number of rotatable bonds is 11. The van der Waals surface area contributed by atoms with Crippen LogP contribution in [-0.2, 0) is 14.3 Å². The van der Waals surface area contributed by atoms with Crippen LogP contribution in [0.3, 0.4) is 0 Å². The van der Waals surface area contributed by atoms with Crippen LogP contribution in [0.25, 0.3) is 11.1 Å². The molecule has 33 heavy (non-hydrogen) atoms. The van der Waals surface area contributed by atoms with E-state index in [1.54, 1.807) is 0 Å². The SMILES string of the molecule is C=CCOC(=O)NCCCCN(CC(=O)O)C(=O)OCC1c2ccccc2-c2ccccc21. The Kier molecular flexibility index (Phi) is 8.46. The summed E-state index contributed by atoms with van der Waals surface area (Å²) in [6.45, 7) is 3.81. The highest BCUT2D eigenvalue weighted by atomic mass is 16.6. The second kappa shape index (κ2) is 11.7. The average Bonchev–Trinajstić information content (AvgIpc) is 3.13. The van der Waals surface area contributed by atoms with Gasteiger partial charge < -0.3 is 19.9 Å². The largest absolute Gasteiger partial charge is 0.480 e. The number of unbranched alkanes of at least 4 members (excludes halogenated alkanes) is 1. The van der Waals surface area contributed by atoms with Crippen molar-refractivity contribution in [2.75, 3.05) is 32.8 Å².